The summed E-state index contributed by atoms with van der Waals surface area (Å²) in [6, 6.07) is 4.63. The van der Waals surface area contributed by atoms with E-state index >= 15 is 0 Å². The normalized spacial score (nSPS) is 12.2. The van der Waals surface area contributed by atoms with Gasteiger partial charge in [-0.15, -0.1) is 11.3 Å². The van der Waals surface area contributed by atoms with E-state index in [9.17, 15) is 0 Å². The van der Waals surface area contributed by atoms with Crippen LogP contribution in [0.5, 0.6) is 0 Å². The highest BCUT2D eigenvalue weighted by molar-refractivity contribution is 9.10. The minimum Gasteiger partial charge on any atom is -0.372 e. The minimum absolute atomic E-state index is 0.370. The van der Waals surface area contributed by atoms with Crippen molar-refractivity contribution in [1.82, 2.24) is 9.97 Å². The molecule has 102 valence electrons. The van der Waals surface area contributed by atoms with Gasteiger partial charge in [0.25, 0.3) is 0 Å². The zero-order chi connectivity index (χ0) is 13.8. The summed E-state index contributed by atoms with van der Waals surface area (Å²) >= 11 is 5.35. The zero-order valence-corrected chi connectivity index (χ0v) is 13.6. The Morgan fingerprint density at radius 2 is 2.26 bits per heavy atom. The van der Waals surface area contributed by atoms with Crippen LogP contribution >= 0.6 is 27.3 Å². The van der Waals surface area contributed by atoms with Crippen LogP contribution in [-0.2, 0) is 6.42 Å². The van der Waals surface area contributed by atoms with Gasteiger partial charge in [0.1, 0.15) is 22.4 Å². The molecule has 0 aliphatic rings. The smallest absolute Gasteiger partial charge is 0.148 e. The standard InChI is InChI=1S/C13H17BrN4S/c1-9(7-10-5-4-6-19-10)18(3)13-11(14)12(15-2)16-8-17-13/h4-6,8-9H,7H2,1-3H3,(H,15,16,17). The van der Waals surface area contributed by atoms with Crippen molar-refractivity contribution in [2.75, 3.05) is 24.3 Å². The lowest BCUT2D eigenvalue weighted by Gasteiger charge is -2.26. The Labute approximate surface area is 126 Å². The van der Waals surface area contributed by atoms with Gasteiger partial charge in [-0.25, -0.2) is 9.97 Å². The van der Waals surface area contributed by atoms with E-state index < -0.39 is 0 Å². The van der Waals surface area contributed by atoms with Gasteiger partial charge >= 0.3 is 0 Å². The molecule has 2 rings (SSSR count). The van der Waals surface area contributed by atoms with Crippen LogP contribution in [0.2, 0.25) is 0 Å². The Kier molecular flexibility index (Phi) is 4.76. The maximum absolute atomic E-state index is 4.37. The largest absolute Gasteiger partial charge is 0.372 e. The molecular formula is C13H17BrN4S. The molecule has 2 aromatic heterocycles. The van der Waals surface area contributed by atoms with E-state index in [0.717, 1.165) is 22.5 Å². The summed E-state index contributed by atoms with van der Waals surface area (Å²) in [6.45, 7) is 2.20. The molecule has 4 nitrogen and oxygen atoms in total. The average Bonchev–Trinajstić information content (AvgIpc) is 2.91. The van der Waals surface area contributed by atoms with E-state index in [2.05, 4.69) is 67.6 Å². The maximum atomic E-state index is 4.37. The number of halogens is 1. The summed E-state index contributed by atoms with van der Waals surface area (Å²) in [5, 5.41) is 5.17. The molecule has 6 heteroatoms. The van der Waals surface area contributed by atoms with Crippen molar-refractivity contribution >= 4 is 38.9 Å². The molecule has 0 radical (unpaired) electrons. The molecule has 0 saturated carbocycles. The minimum atomic E-state index is 0.370. The molecule has 0 bridgehead atoms. The van der Waals surface area contributed by atoms with Gasteiger partial charge in [0.2, 0.25) is 0 Å². The fourth-order valence-corrected chi connectivity index (χ4v) is 3.36. The second-order valence-electron chi connectivity index (χ2n) is 4.35. The first-order valence-corrected chi connectivity index (χ1v) is 7.74. The van der Waals surface area contributed by atoms with Gasteiger partial charge in [0.15, 0.2) is 0 Å². The van der Waals surface area contributed by atoms with Crippen LogP contribution in [0.15, 0.2) is 28.3 Å². The fourth-order valence-electron chi connectivity index (χ4n) is 1.85. The summed E-state index contributed by atoms with van der Waals surface area (Å²) in [5.74, 6) is 1.71. The number of rotatable bonds is 5. The first kappa shape index (κ1) is 14.3. The predicted molar refractivity (Wildman–Crippen MR) is 85.2 cm³/mol. The van der Waals surface area contributed by atoms with E-state index in [1.165, 1.54) is 4.88 Å². The average molecular weight is 341 g/mol. The van der Waals surface area contributed by atoms with E-state index in [-0.39, 0.29) is 0 Å². The highest BCUT2D eigenvalue weighted by Gasteiger charge is 2.17. The van der Waals surface area contributed by atoms with Gasteiger partial charge in [-0.1, -0.05) is 6.07 Å². The number of hydrogen-bond donors (Lipinski definition) is 1. The Morgan fingerprint density at radius 3 is 2.89 bits per heavy atom. The number of likely N-dealkylation sites (N-methyl/N-ethyl adjacent to an activating group) is 1. The highest BCUT2D eigenvalue weighted by atomic mass is 79.9. The molecule has 2 heterocycles. The van der Waals surface area contributed by atoms with Crippen molar-refractivity contribution in [3.8, 4) is 0 Å². The molecule has 0 aliphatic carbocycles. The third kappa shape index (κ3) is 3.25. The zero-order valence-electron chi connectivity index (χ0n) is 11.2. The van der Waals surface area contributed by atoms with Crippen molar-refractivity contribution in [2.24, 2.45) is 0 Å². The highest BCUT2D eigenvalue weighted by Crippen LogP contribution is 2.30. The first-order valence-electron chi connectivity index (χ1n) is 6.07. The molecule has 0 saturated heterocycles. The van der Waals surface area contributed by atoms with Crippen molar-refractivity contribution < 1.29 is 0 Å². The fraction of sp³-hybridized carbons (Fsp3) is 0.385. The molecule has 2 aromatic rings. The van der Waals surface area contributed by atoms with E-state index in [1.54, 1.807) is 17.7 Å². The van der Waals surface area contributed by atoms with Crippen LogP contribution in [0, 0.1) is 0 Å². The molecule has 1 unspecified atom stereocenters. The molecule has 0 aromatic carbocycles. The van der Waals surface area contributed by atoms with E-state index in [4.69, 9.17) is 0 Å². The van der Waals surface area contributed by atoms with Crippen LogP contribution in [0.25, 0.3) is 0 Å². The second-order valence-corrected chi connectivity index (χ2v) is 6.18. The van der Waals surface area contributed by atoms with Crippen LogP contribution in [0.4, 0.5) is 11.6 Å². The van der Waals surface area contributed by atoms with Crippen LogP contribution in [-0.4, -0.2) is 30.1 Å². The van der Waals surface area contributed by atoms with Gasteiger partial charge in [-0.3, -0.25) is 0 Å². The molecule has 19 heavy (non-hydrogen) atoms. The van der Waals surface area contributed by atoms with E-state index in [0.29, 0.717) is 6.04 Å². The van der Waals surface area contributed by atoms with Gasteiger partial charge in [-0.2, -0.15) is 0 Å². The van der Waals surface area contributed by atoms with Crippen molar-refractivity contribution in [1.29, 1.82) is 0 Å². The number of nitrogens with zero attached hydrogens (tertiary/aromatic N) is 3. The lowest BCUT2D eigenvalue weighted by molar-refractivity contribution is 0.678. The molecule has 0 amide bonds. The van der Waals surface area contributed by atoms with Crippen molar-refractivity contribution in [2.45, 2.75) is 19.4 Å². The van der Waals surface area contributed by atoms with Crippen molar-refractivity contribution in [3.05, 3.63) is 33.2 Å². The van der Waals surface area contributed by atoms with Crippen LogP contribution in [0.3, 0.4) is 0 Å². The van der Waals surface area contributed by atoms with E-state index in [1.807, 2.05) is 7.05 Å². The van der Waals surface area contributed by atoms with Crippen molar-refractivity contribution in [3.63, 3.8) is 0 Å². The van der Waals surface area contributed by atoms with Crippen LogP contribution < -0.4 is 10.2 Å². The van der Waals surface area contributed by atoms with Gasteiger partial charge in [-0.05, 0) is 34.3 Å². The molecule has 0 aliphatic heterocycles. The molecule has 0 spiro atoms. The lowest BCUT2D eigenvalue weighted by Crippen LogP contribution is -2.31. The summed E-state index contributed by atoms with van der Waals surface area (Å²) < 4.78 is 0.901. The third-order valence-electron chi connectivity index (χ3n) is 3.08. The second kappa shape index (κ2) is 6.34. The number of anilines is 2. The monoisotopic (exact) mass is 340 g/mol. The number of nitrogens with one attached hydrogen (secondary N) is 1. The lowest BCUT2D eigenvalue weighted by atomic mass is 10.2. The summed E-state index contributed by atoms with van der Waals surface area (Å²) in [5.41, 5.74) is 0. The maximum Gasteiger partial charge on any atom is 0.148 e. The molecule has 1 atom stereocenters. The predicted octanol–water partition coefficient (Wildman–Crippen LogP) is 3.41. The number of thiophene rings is 1. The van der Waals surface area contributed by atoms with Gasteiger partial charge < -0.3 is 10.2 Å². The van der Waals surface area contributed by atoms with Crippen LogP contribution in [0.1, 0.15) is 11.8 Å². The number of aromatic nitrogens is 2. The molecular weight excluding hydrogens is 324 g/mol. The third-order valence-corrected chi connectivity index (χ3v) is 4.71. The Hall–Kier alpha value is -1.14. The first-order chi connectivity index (χ1) is 9.13. The summed E-state index contributed by atoms with van der Waals surface area (Å²) in [7, 11) is 3.91. The topological polar surface area (TPSA) is 41.1 Å². The van der Waals surface area contributed by atoms with Gasteiger partial charge in [0, 0.05) is 31.4 Å². The SMILES string of the molecule is CNc1ncnc(N(C)C(C)Cc2cccs2)c1Br. The quantitative estimate of drug-likeness (QED) is 0.905. The number of hydrogen-bond acceptors (Lipinski definition) is 5. The summed E-state index contributed by atoms with van der Waals surface area (Å²) in [6.07, 6.45) is 2.60. The van der Waals surface area contributed by atoms with Gasteiger partial charge in [0.05, 0.1) is 0 Å². The Morgan fingerprint density at radius 1 is 1.47 bits per heavy atom. The Bertz CT molecular complexity index is 529. The Balaban J connectivity index is 2.16. The molecule has 1 N–H and O–H groups in total. The molecule has 0 fully saturated rings. The summed E-state index contributed by atoms with van der Waals surface area (Å²) in [4.78, 5) is 12.1.